The maximum atomic E-state index is 12.9. The van der Waals surface area contributed by atoms with E-state index in [1.54, 1.807) is 4.90 Å². The van der Waals surface area contributed by atoms with Crippen LogP contribution in [0.2, 0.25) is 0 Å². The number of hydrogen-bond acceptors (Lipinski definition) is 4. The SMILES string of the molecule is CCOC(=O)[C@@H]1[C@@H]2[C@H](CN1C(=O)[C@@H](N)C1CCCCC1)C2(C)C. The van der Waals surface area contributed by atoms with Gasteiger partial charge in [0.25, 0.3) is 0 Å². The largest absolute Gasteiger partial charge is 0.464 e. The molecule has 5 nitrogen and oxygen atoms in total. The van der Waals surface area contributed by atoms with Gasteiger partial charge in [0, 0.05) is 12.5 Å². The molecule has 2 aliphatic carbocycles. The van der Waals surface area contributed by atoms with Gasteiger partial charge < -0.3 is 15.4 Å². The Labute approximate surface area is 138 Å². The summed E-state index contributed by atoms with van der Waals surface area (Å²) in [4.78, 5) is 27.1. The van der Waals surface area contributed by atoms with Crippen molar-refractivity contribution < 1.29 is 14.3 Å². The Balaban J connectivity index is 1.72. The van der Waals surface area contributed by atoms with E-state index in [1.807, 2.05) is 6.92 Å². The van der Waals surface area contributed by atoms with E-state index in [0.29, 0.717) is 19.1 Å². The van der Waals surface area contributed by atoms with Crippen molar-refractivity contribution in [3.63, 3.8) is 0 Å². The van der Waals surface area contributed by atoms with Crippen LogP contribution in [-0.2, 0) is 14.3 Å². The molecule has 2 saturated carbocycles. The smallest absolute Gasteiger partial charge is 0.329 e. The predicted octanol–water partition coefficient (Wildman–Crippen LogP) is 1.94. The number of rotatable bonds is 4. The molecule has 0 aromatic carbocycles. The van der Waals surface area contributed by atoms with Crippen LogP contribution in [0.3, 0.4) is 0 Å². The molecule has 0 radical (unpaired) electrons. The highest BCUT2D eigenvalue weighted by Gasteiger charge is 2.70. The van der Waals surface area contributed by atoms with Gasteiger partial charge in [-0.1, -0.05) is 33.1 Å². The van der Waals surface area contributed by atoms with Gasteiger partial charge in [-0.15, -0.1) is 0 Å². The topological polar surface area (TPSA) is 72.6 Å². The van der Waals surface area contributed by atoms with Gasteiger partial charge in [0.1, 0.15) is 6.04 Å². The highest BCUT2D eigenvalue weighted by molar-refractivity contribution is 5.89. The third-order valence-corrected chi connectivity index (χ3v) is 6.46. The average molecular weight is 322 g/mol. The molecule has 0 unspecified atom stereocenters. The van der Waals surface area contributed by atoms with Gasteiger partial charge in [0.05, 0.1) is 12.6 Å². The van der Waals surface area contributed by atoms with Crippen LogP contribution < -0.4 is 5.73 Å². The number of ether oxygens (including phenoxy) is 1. The third kappa shape index (κ3) is 2.77. The fourth-order valence-corrected chi connectivity index (χ4v) is 4.90. The first kappa shape index (κ1) is 16.7. The van der Waals surface area contributed by atoms with E-state index in [0.717, 1.165) is 25.7 Å². The van der Waals surface area contributed by atoms with Crippen molar-refractivity contribution in [1.29, 1.82) is 0 Å². The number of likely N-dealkylation sites (tertiary alicyclic amines) is 1. The zero-order chi connectivity index (χ0) is 16.8. The van der Waals surface area contributed by atoms with E-state index < -0.39 is 12.1 Å². The number of carbonyl (C=O) groups is 2. The van der Waals surface area contributed by atoms with Crippen LogP contribution in [0, 0.1) is 23.2 Å². The number of piperidine rings is 1. The summed E-state index contributed by atoms with van der Waals surface area (Å²) < 4.78 is 5.25. The van der Waals surface area contributed by atoms with Crippen LogP contribution in [0.25, 0.3) is 0 Å². The second-order valence-electron chi connectivity index (χ2n) is 8.07. The number of fused-ring (bicyclic) bond motifs is 1. The highest BCUT2D eigenvalue weighted by atomic mass is 16.5. The number of carbonyl (C=O) groups excluding carboxylic acids is 2. The van der Waals surface area contributed by atoms with Crippen molar-refractivity contribution in [2.75, 3.05) is 13.2 Å². The number of hydrogen-bond donors (Lipinski definition) is 1. The van der Waals surface area contributed by atoms with E-state index in [-0.39, 0.29) is 29.1 Å². The maximum absolute atomic E-state index is 12.9. The second-order valence-corrected chi connectivity index (χ2v) is 8.07. The number of esters is 1. The van der Waals surface area contributed by atoms with Gasteiger partial charge in [-0.3, -0.25) is 4.79 Å². The van der Waals surface area contributed by atoms with E-state index in [4.69, 9.17) is 10.5 Å². The fourth-order valence-electron chi connectivity index (χ4n) is 4.90. The summed E-state index contributed by atoms with van der Waals surface area (Å²) in [6.07, 6.45) is 5.62. The molecule has 23 heavy (non-hydrogen) atoms. The van der Waals surface area contributed by atoms with E-state index in [9.17, 15) is 9.59 Å². The lowest BCUT2D eigenvalue weighted by Crippen LogP contribution is -2.54. The molecular formula is C18H30N2O3. The van der Waals surface area contributed by atoms with E-state index >= 15 is 0 Å². The molecule has 0 spiro atoms. The summed E-state index contributed by atoms with van der Waals surface area (Å²) in [6.45, 7) is 7.17. The van der Waals surface area contributed by atoms with Crippen LogP contribution in [0.5, 0.6) is 0 Å². The molecule has 3 fully saturated rings. The molecule has 0 bridgehead atoms. The average Bonchev–Trinajstić information content (AvgIpc) is 2.90. The predicted molar refractivity (Wildman–Crippen MR) is 87.4 cm³/mol. The van der Waals surface area contributed by atoms with Crippen molar-refractivity contribution in [3.8, 4) is 0 Å². The van der Waals surface area contributed by atoms with E-state index in [2.05, 4.69) is 13.8 Å². The Kier molecular flexibility index (Phi) is 4.43. The van der Waals surface area contributed by atoms with Crippen LogP contribution in [-0.4, -0.2) is 42.0 Å². The first-order valence-corrected chi connectivity index (χ1v) is 9.12. The lowest BCUT2D eigenvalue weighted by molar-refractivity contribution is -0.155. The first-order valence-electron chi connectivity index (χ1n) is 9.12. The minimum absolute atomic E-state index is 0.0436. The summed E-state index contributed by atoms with van der Waals surface area (Å²) in [7, 11) is 0. The zero-order valence-electron chi connectivity index (χ0n) is 14.6. The normalized spacial score (nSPS) is 33.9. The van der Waals surface area contributed by atoms with Crippen LogP contribution in [0.15, 0.2) is 0 Å². The van der Waals surface area contributed by atoms with Crippen molar-refractivity contribution in [2.24, 2.45) is 28.9 Å². The van der Waals surface area contributed by atoms with Crippen molar-refractivity contribution in [3.05, 3.63) is 0 Å². The minimum atomic E-state index is -0.465. The van der Waals surface area contributed by atoms with Crippen LogP contribution >= 0.6 is 0 Å². The molecule has 0 aromatic heterocycles. The molecule has 1 amide bonds. The summed E-state index contributed by atoms with van der Waals surface area (Å²) in [5.74, 6) is 0.597. The van der Waals surface area contributed by atoms with Gasteiger partial charge >= 0.3 is 5.97 Å². The highest BCUT2D eigenvalue weighted by Crippen LogP contribution is 2.65. The monoisotopic (exact) mass is 322 g/mol. The summed E-state index contributed by atoms with van der Waals surface area (Å²) >= 11 is 0. The van der Waals surface area contributed by atoms with Crippen LogP contribution in [0.4, 0.5) is 0 Å². The van der Waals surface area contributed by atoms with Gasteiger partial charge in [-0.25, -0.2) is 4.79 Å². The second kappa shape index (κ2) is 6.08. The number of nitrogens with zero attached hydrogens (tertiary/aromatic N) is 1. The minimum Gasteiger partial charge on any atom is -0.464 e. The summed E-state index contributed by atoms with van der Waals surface area (Å²) in [5.41, 5.74) is 6.42. The lowest BCUT2D eigenvalue weighted by Gasteiger charge is -2.34. The standard InChI is InChI=1S/C18H30N2O3/c1-4-23-17(22)15-13-12(18(13,2)3)10-20(15)16(21)14(19)11-8-6-5-7-9-11/h11-15H,4-10,19H2,1-3H3/t12-,13-,14-,15-/m0/s1. The van der Waals surface area contributed by atoms with Crippen molar-refractivity contribution >= 4 is 11.9 Å². The number of nitrogens with two attached hydrogens (primary N) is 1. The van der Waals surface area contributed by atoms with Gasteiger partial charge in [0.2, 0.25) is 5.91 Å². The molecule has 3 aliphatic rings. The summed E-state index contributed by atoms with van der Waals surface area (Å²) in [5, 5.41) is 0. The van der Waals surface area contributed by atoms with Crippen LogP contribution in [0.1, 0.15) is 52.9 Å². The van der Waals surface area contributed by atoms with E-state index in [1.165, 1.54) is 6.42 Å². The Bertz CT molecular complexity index is 485. The third-order valence-electron chi connectivity index (χ3n) is 6.46. The van der Waals surface area contributed by atoms with Gasteiger partial charge in [0.15, 0.2) is 0 Å². The fraction of sp³-hybridized carbons (Fsp3) is 0.889. The molecule has 3 rings (SSSR count). The molecule has 1 saturated heterocycles. The summed E-state index contributed by atoms with van der Waals surface area (Å²) in [6, 6.07) is -0.898. The molecule has 2 N–H and O–H groups in total. The Morgan fingerprint density at radius 3 is 2.52 bits per heavy atom. The lowest BCUT2D eigenvalue weighted by atomic mass is 9.83. The molecule has 0 aromatic rings. The number of amides is 1. The molecule has 1 heterocycles. The van der Waals surface area contributed by atoms with Gasteiger partial charge in [-0.05, 0) is 37.0 Å². The Hall–Kier alpha value is -1.10. The molecule has 130 valence electrons. The molecule has 5 heteroatoms. The molecule has 4 atom stereocenters. The van der Waals surface area contributed by atoms with Gasteiger partial charge in [-0.2, -0.15) is 0 Å². The quantitative estimate of drug-likeness (QED) is 0.803. The maximum Gasteiger partial charge on any atom is 0.329 e. The Morgan fingerprint density at radius 2 is 1.91 bits per heavy atom. The Morgan fingerprint density at radius 1 is 1.26 bits per heavy atom. The van der Waals surface area contributed by atoms with Crippen molar-refractivity contribution in [1.82, 2.24) is 4.90 Å². The zero-order valence-corrected chi connectivity index (χ0v) is 14.6. The molecule has 1 aliphatic heterocycles. The molecular weight excluding hydrogens is 292 g/mol. The van der Waals surface area contributed by atoms with Crippen molar-refractivity contribution in [2.45, 2.75) is 65.0 Å². The first-order chi connectivity index (χ1) is 10.9.